The first-order valence-electron chi connectivity index (χ1n) is 9.81. The predicted molar refractivity (Wildman–Crippen MR) is 113 cm³/mol. The van der Waals surface area contributed by atoms with Crippen LogP contribution in [0.1, 0.15) is 47.5 Å². The van der Waals surface area contributed by atoms with Gasteiger partial charge < -0.3 is 10.3 Å². The van der Waals surface area contributed by atoms with Gasteiger partial charge in [0.2, 0.25) is 0 Å². The fourth-order valence-corrected chi connectivity index (χ4v) is 4.21. The van der Waals surface area contributed by atoms with Crippen molar-refractivity contribution in [3.8, 4) is 11.1 Å². The minimum atomic E-state index is -0.0255. The van der Waals surface area contributed by atoms with Gasteiger partial charge in [-0.25, -0.2) is 0 Å². The van der Waals surface area contributed by atoms with Crippen molar-refractivity contribution in [2.24, 2.45) is 5.92 Å². The molecule has 0 atom stereocenters. The van der Waals surface area contributed by atoms with Crippen LogP contribution >= 0.6 is 11.6 Å². The molecule has 0 saturated heterocycles. The SMILES string of the molecule is O=C(NCC1CCC(c2ccncc2)CC1)c1c[nH]cc1-c1ccc(Cl)cc1. The molecule has 3 aromatic rings. The molecule has 0 spiro atoms. The number of pyridine rings is 1. The Morgan fingerprint density at radius 2 is 1.75 bits per heavy atom. The number of aromatic amines is 1. The lowest BCUT2D eigenvalue weighted by Gasteiger charge is -2.28. The van der Waals surface area contributed by atoms with Crippen LogP contribution in [0.3, 0.4) is 0 Å². The summed E-state index contributed by atoms with van der Waals surface area (Å²) < 4.78 is 0. The van der Waals surface area contributed by atoms with E-state index >= 15 is 0 Å². The van der Waals surface area contributed by atoms with Crippen molar-refractivity contribution in [2.75, 3.05) is 6.54 Å². The molecule has 144 valence electrons. The number of carbonyl (C=O) groups excluding carboxylic acids is 1. The van der Waals surface area contributed by atoms with E-state index in [2.05, 4.69) is 27.4 Å². The Labute approximate surface area is 170 Å². The number of H-pyrrole nitrogens is 1. The zero-order valence-corrected chi connectivity index (χ0v) is 16.5. The number of hydrogen-bond acceptors (Lipinski definition) is 2. The number of nitrogens with zero attached hydrogens (tertiary/aromatic N) is 1. The van der Waals surface area contributed by atoms with Crippen molar-refractivity contribution in [3.05, 3.63) is 77.3 Å². The van der Waals surface area contributed by atoms with E-state index in [1.54, 1.807) is 6.20 Å². The largest absolute Gasteiger partial charge is 0.366 e. The van der Waals surface area contributed by atoms with Crippen LogP contribution in [-0.4, -0.2) is 22.4 Å². The van der Waals surface area contributed by atoms with Crippen LogP contribution < -0.4 is 5.32 Å². The summed E-state index contributed by atoms with van der Waals surface area (Å²) in [5.41, 5.74) is 3.94. The van der Waals surface area contributed by atoms with Crippen molar-refractivity contribution in [1.82, 2.24) is 15.3 Å². The Kier molecular flexibility index (Phi) is 5.77. The van der Waals surface area contributed by atoms with Gasteiger partial charge in [-0.3, -0.25) is 9.78 Å². The van der Waals surface area contributed by atoms with E-state index in [0.717, 1.165) is 30.5 Å². The van der Waals surface area contributed by atoms with Gasteiger partial charge in [0.05, 0.1) is 5.56 Å². The molecule has 0 aliphatic heterocycles. The third kappa shape index (κ3) is 4.28. The first kappa shape index (κ1) is 18.8. The summed E-state index contributed by atoms with van der Waals surface area (Å²) in [6, 6.07) is 11.8. The summed E-state index contributed by atoms with van der Waals surface area (Å²) in [6.07, 6.45) is 12.0. The van der Waals surface area contributed by atoms with E-state index < -0.39 is 0 Å². The molecule has 0 unspecified atom stereocenters. The molecule has 2 heterocycles. The molecule has 0 bridgehead atoms. The lowest BCUT2D eigenvalue weighted by atomic mass is 9.79. The summed E-state index contributed by atoms with van der Waals surface area (Å²) in [5.74, 6) is 1.14. The van der Waals surface area contributed by atoms with Gasteiger partial charge in [0.15, 0.2) is 0 Å². The van der Waals surface area contributed by atoms with Crippen LogP contribution in [0.25, 0.3) is 11.1 Å². The normalized spacial score (nSPS) is 19.3. The monoisotopic (exact) mass is 393 g/mol. The maximum atomic E-state index is 12.7. The second-order valence-electron chi connectivity index (χ2n) is 7.50. The molecule has 1 aliphatic rings. The van der Waals surface area contributed by atoms with Gasteiger partial charge in [-0.2, -0.15) is 0 Å². The van der Waals surface area contributed by atoms with Crippen LogP contribution in [0.15, 0.2) is 61.2 Å². The highest BCUT2D eigenvalue weighted by molar-refractivity contribution is 6.30. The van der Waals surface area contributed by atoms with Gasteiger partial charge in [0.25, 0.3) is 5.91 Å². The van der Waals surface area contributed by atoms with Gasteiger partial charge in [-0.05, 0) is 72.9 Å². The molecule has 1 aliphatic carbocycles. The minimum Gasteiger partial charge on any atom is -0.366 e. The minimum absolute atomic E-state index is 0.0255. The van der Waals surface area contributed by atoms with E-state index in [9.17, 15) is 4.79 Å². The maximum absolute atomic E-state index is 12.7. The number of amides is 1. The highest BCUT2D eigenvalue weighted by atomic mass is 35.5. The number of aromatic nitrogens is 2. The zero-order valence-electron chi connectivity index (χ0n) is 15.7. The van der Waals surface area contributed by atoms with E-state index in [0.29, 0.717) is 22.4 Å². The van der Waals surface area contributed by atoms with Gasteiger partial charge >= 0.3 is 0 Å². The number of halogens is 1. The average molecular weight is 394 g/mol. The first-order valence-corrected chi connectivity index (χ1v) is 10.2. The summed E-state index contributed by atoms with van der Waals surface area (Å²) in [4.78, 5) is 19.9. The standard InChI is InChI=1S/C23H24ClN3O/c24-20-7-5-19(6-8-20)21-14-26-15-22(21)23(28)27-13-16-1-3-17(4-2-16)18-9-11-25-12-10-18/h5-12,14-17,26H,1-4,13H2,(H,27,28). The summed E-state index contributed by atoms with van der Waals surface area (Å²) in [7, 11) is 0. The van der Waals surface area contributed by atoms with Gasteiger partial charge in [-0.1, -0.05) is 23.7 Å². The second kappa shape index (κ2) is 8.61. The highest BCUT2D eigenvalue weighted by Crippen LogP contribution is 2.35. The average Bonchev–Trinajstić information content (AvgIpc) is 3.23. The lowest BCUT2D eigenvalue weighted by Crippen LogP contribution is -2.31. The molecule has 5 heteroatoms. The van der Waals surface area contributed by atoms with Gasteiger partial charge in [0, 0.05) is 41.9 Å². The summed E-state index contributed by atoms with van der Waals surface area (Å²) in [5, 5.41) is 3.82. The number of rotatable bonds is 5. The molecule has 2 aromatic heterocycles. The molecular weight excluding hydrogens is 370 g/mol. The topological polar surface area (TPSA) is 57.8 Å². The van der Waals surface area contributed by atoms with Crippen LogP contribution in [-0.2, 0) is 0 Å². The van der Waals surface area contributed by atoms with E-state index in [1.807, 2.05) is 42.9 Å². The first-order chi connectivity index (χ1) is 13.7. The fourth-order valence-electron chi connectivity index (χ4n) is 4.09. The number of benzene rings is 1. The van der Waals surface area contributed by atoms with Gasteiger partial charge in [-0.15, -0.1) is 0 Å². The number of carbonyl (C=O) groups is 1. The number of hydrogen-bond donors (Lipinski definition) is 2. The number of nitrogens with one attached hydrogen (secondary N) is 2. The van der Waals surface area contributed by atoms with Crippen LogP contribution in [0, 0.1) is 5.92 Å². The Morgan fingerprint density at radius 1 is 1.04 bits per heavy atom. The molecule has 28 heavy (non-hydrogen) atoms. The zero-order chi connectivity index (χ0) is 19.3. The molecule has 4 nitrogen and oxygen atoms in total. The summed E-state index contributed by atoms with van der Waals surface area (Å²) in [6.45, 7) is 0.729. The summed E-state index contributed by atoms with van der Waals surface area (Å²) >= 11 is 5.97. The Bertz CT molecular complexity index is 913. The smallest absolute Gasteiger partial charge is 0.253 e. The molecular formula is C23H24ClN3O. The van der Waals surface area contributed by atoms with Crippen molar-refractivity contribution in [2.45, 2.75) is 31.6 Å². The van der Waals surface area contributed by atoms with E-state index in [-0.39, 0.29) is 5.91 Å². The predicted octanol–water partition coefficient (Wildman–Crippen LogP) is 5.43. The molecule has 2 N–H and O–H groups in total. The Balaban J connectivity index is 1.32. The van der Waals surface area contributed by atoms with E-state index in [4.69, 9.17) is 11.6 Å². The Hall–Kier alpha value is -2.59. The van der Waals surface area contributed by atoms with Crippen LogP contribution in [0.4, 0.5) is 0 Å². The lowest BCUT2D eigenvalue weighted by molar-refractivity contribution is 0.0943. The molecule has 4 rings (SSSR count). The van der Waals surface area contributed by atoms with Crippen molar-refractivity contribution >= 4 is 17.5 Å². The van der Waals surface area contributed by atoms with Crippen molar-refractivity contribution in [1.29, 1.82) is 0 Å². The molecule has 1 aromatic carbocycles. The second-order valence-corrected chi connectivity index (χ2v) is 7.93. The highest BCUT2D eigenvalue weighted by Gasteiger charge is 2.23. The molecule has 1 fully saturated rings. The van der Waals surface area contributed by atoms with Crippen molar-refractivity contribution in [3.63, 3.8) is 0 Å². The third-order valence-corrected chi connectivity index (χ3v) is 5.97. The maximum Gasteiger partial charge on any atom is 0.253 e. The molecule has 1 amide bonds. The van der Waals surface area contributed by atoms with Gasteiger partial charge in [0.1, 0.15) is 0 Å². The molecule has 1 saturated carbocycles. The van der Waals surface area contributed by atoms with E-state index in [1.165, 1.54) is 18.4 Å². The van der Waals surface area contributed by atoms with Crippen LogP contribution in [0.2, 0.25) is 5.02 Å². The third-order valence-electron chi connectivity index (χ3n) is 5.72. The Morgan fingerprint density at radius 3 is 2.46 bits per heavy atom. The van der Waals surface area contributed by atoms with Crippen molar-refractivity contribution < 1.29 is 4.79 Å². The quantitative estimate of drug-likeness (QED) is 0.606. The van der Waals surface area contributed by atoms with Crippen LogP contribution in [0.5, 0.6) is 0 Å². The molecule has 0 radical (unpaired) electrons. The fraction of sp³-hybridized carbons (Fsp3) is 0.304.